The summed E-state index contributed by atoms with van der Waals surface area (Å²) in [6.07, 6.45) is 2.04. The first-order valence-corrected chi connectivity index (χ1v) is 8.36. The Hall–Kier alpha value is -3.15. The van der Waals surface area contributed by atoms with Gasteiger partial charge in [-0.05, 0) is 47.9 Å². The summed E-state index contributed by atoms with van der Waals surface area (Å²) < 4.78 is 0. The van der Waals surface area contributed by atoms with Crippen LogP contribution in [0.25, 0.3) is 0 Å². The van der Waals surface area contributed by atoms with Crippen molar-refractivity contribution in [1.82, 2.24) is 0 Å². The molecule has 136 valence electrons. The Morgan fingerprint density at radius 2 is 1.58 bits per heavy atom. The number of anilines is 2. The highest BCUT2D eigenvalue weighted by Crippen LogP contribution is 2.16. The van der Waals surface area contributed by atoms with Gasteiger partial charge < -0.3 is 15.5 Å². The Morgan fingerprint density at radius 1 is 1.00 bits per heavy atom. The largest absolute Gasteiger partial charge is 0.399 e. The van der Waals surface area contributed by atoms with Crippen LogP contribution in [0.1, 0.15) is 36.2 Å². The van der Waals surface area contributed by atoms with Crippen molar-refractivity contribution in [2.45, 2.75) is 20.3 Å². The van der Waals surface area contributed by atoms with Gasteiger partial charge in [0.05, 0.1) is 6.21 Å². The van der Waals surface area contributed by atoms with Crippen LogP contribution in [0.4, 0.5) is 11.4 Å². The third-order valence-corrected chi connectivity index (χ3v) is 3.50. The molecule has 0 saturated carbocycles. The molecule has 0 bridgehead atoms. The molecule has 2 N–H and O–H groups in total. The second-order valence-corrected chi connectivity index (χ2v) is 6.22. The molecule has 0 aromatic heterocycles. The van der Waals surface area contributed by atoms with Gasteiger partial charge in [-0.3, -0.25) is 9.59 Å². The molecule has 0 fully saturated rings. The summed E-state index contributed by atoms with van der Waals surface area (Å²) in [6, 6.07) is 14.0. The summed E-state index contributed by atoms with van der Waals surface area (Å²) in [5.41, 5.74) is 2.73. The average molecular weight is 353 g/mol. The SMILES string of the molecule is CO/N=C/c1ccc(C(=O)Nc2ccc(NC(=O)CC(C)C)cc2)cc1. The highest BCUT2D eigenvalue weighted by Gasteiger charge is 2.07. The predicted molar refractivity (Wildman–Crippen MR) is 104 cm³/mol. The van der Waals surface area contributed by atoms with Crippen molar-refractivity contribution in [2.75, 3.05) is 17.7 Å². The van der Waals surface area contributed by atoms with E-state index in [1.165, 1.54) is 7.11 Å². The molecule has 2 rings (SSSR count). The number of hydrogen-bond acceptors (Lipinski definition) is 4. The maximum absolute atomic E-state index is 12.3. The summed E-state index contributed by atoms with van der Waals surface area (Å²) >= 11 is 0. The Balaban J connectivity index is 1.94. The van der Waals surface area contributed by atoms with E-state index in [9.17, 15) is 9.59 Å². The lowest BCUT2D eigenvalue weighted by Gasteiger charge is -2.09. The first-order chi connectivity index (χ1) is 12.5. The van der Waals surface area contributed by atoms with E-state index in [0.29, 0.717) is 29.3 Å². The Kier molecular flexibility index (Phi) is 6.91. The fourth-order valence-corrected chi connectivity index (χ4v) is 2.26. The summed E-state index contributed by atoms with van der Waals surface area (Å²) in [5.74, 6) is 0.0754. The molecule has 0 aliphatic carbocycles. The number of hydrogen-bond donors (Lipinski definition) is 2. The van der Waals surface area contributed by atoms with Gasteiger partial charge in [0.25, 0.3) is 5.91 Å². The number of benzene rings is 2. The van der Waals surface area contributed by atoms with Crippen molar-refractivity contribution in [2.24, 2.45) is 11.1 Å². The van der Waals surface area contributed by atoms with Gasteiger partial charge in [0, 0.05) is 23.4 Å². The number of oxime groups is 1. The molecule has 0 radical (unpaired) electrons. The van der Waals surface area contributed by atoms with Crippen molar-refractivity contribution in [3.63, 3.8) is 0 Å². The van der Waals surface area contributed by atoms with Crippen LogP contribution < -0.4 is 10.6 Å². The van der Waals surface area contributed by atoms with Crippen molar-refractivity contribution in [3.8, 4) is 0 Å². The van der Waals surface area contributed by atoms with Gasteiger partial charge in [-0.2, -0.15) is 0 Å². The number of carbonyl (C=O) groups is 2. The Labute approximate surface area is 153 Å². The lowest BCUT2D eigenvalue weighted by atomic mass is 10.1. The molecule has 0 aliphatic rings. The molecule has 0 heterocycles. The van der Waals surface area contributed by atoms with Crippen molar-refractivity contribution in [1.29, 1.82) is 0 Å². The molecular weight excluding hydrogens is 330 g/mol. The van der Waals surface area contributed by atoms with Gasteiger partial charge in [0.1, 0.15) is 7.11 Å². The molecule has 2 aromatic rings. The van der Waals surface area contributed by atoms with E-state index in [0.717, 1.165) is 5.56 Å². The molecule has 0 aliphatic heterocycles. The van der Waals surface area contributed by atoms with E-state index in [2.05, 4.69) is 20.6 Å². The molecule has 6 heteroatoms. The summed E-state index contributed by atoms with van der Waals surface area (Å²) in [7, 11) is 1.47. The quantitative estimate of drug-likeness (QED) is 0.585. The predicted octanol–water partition coefficient (Wildman–Crippen LogP) is 3.90. The minimum absolute atomic E-state index is 0.0195. The fraction of sp³-hybridized carbons (Fsp3) is 0.250. The van der Waals surface area contributed by atoms with E-state index in [1.54, 1.807) is 54.7 Å². The van der Waals surface area contributed by atoms with Gasteiger partial charge in [0.15, 0.2) is 0 Å². The van der Waals surface area contributed by atoms with E-state index in [1.807, 2.05) is 13.8 Å². The normalized spacial score (nSPS) is 10.8. The average Bonchev–Trinajstić information content (AvgIpc) is 2.61. The van der Waals surface area contributed by atoms with Crippen LogP contribution in [-0.2, 0) is 9.63 Å². The van der Waals surface area contributed by atoms with Crippen LogP contribution in [-0.4, -0.2) is 25.1 Å². The van der Waals surface area contributed by atoms with Gasteiger partial charge in [-0.15, -0.1) is 0 Å². The van der Waals surface area contributed by atoms with Crippen molar-refractivity contribution in [3.05, 3.63) is 59.7 Å². The second kappa shape index (κ2) is 9.36. The number of nitrogens with one attached hydrogen (secondary N) is 2. The molecule has 0 unspecified atom stereocenters. The molecule has 0 saturated heterocycles. The smallest absolute Gasteiger partial charge is 0.255 e. The van der Waals surface area contributed by atoms with Gasteiger partial charge in [0.2, 0.25) is 5.91 Å². The number of carbonyl (C=O) groups excluding carboxylic acids is 2. The van der Waals surface area contributed by atoms with Crippen LogP contribution in [0, 0.1) is 5.92 Å². The van der Waals surface area contributed by atoms with E-state index < -0.39 is 0 Å². The first-order valence-electron chi connectivity index (χ1n) is 8.36. The molecule has 6 nitrogen and oxygen atoms in total. The zero-order valence-corrected chi connectivity index (χ0v) is 15.2. The van der Waals surface area contributed by atoms with Gasteiger partial charge in [-0.25, -0.2) is 0 Å². The van der Waals surface area contributed by atoms with Crippen molar-refractivity contribution < 1.29 is 14.4 Å². The van der Waals surface area contributed by atoms with Crippen molar-refractivity contribution >= 4 is 29.4 Å². The monoisotopic (exact) mass is 353 g/mol. The molecule has 26 heavy (non-hydrogen) atoms. The van der Waals surface area contributed by atoms with Crippen LogP contribution >= 0.6 is 0 Å². The van der Waals surface area contributed by atoms with Crippen LogP contribution in [0.15, 0.2) is 53.7 Å². The minimum atomic E-state index is -0.211. The number of amides is 2. The minimum Gasteiger partial charge on any atom is -0.399 e. The van der Waals surface area contributed by atoms with E-state index >= 15 is 0 Å². The highest BCUT2D eigenvalue weighted by atomic mass is 16.6. The van der Waals surface area contributed by atoms with Crippen LogP contribution in [0.2, 0.25) is 0 Å². The zero-order valence-electron chi connectivity index (χ0n) is 15.2. The number of rotatable bonds is 7. The standard InChI is InChI=1S/C20H23N3O3/c1-14(2)12-19(24)22-17-8-10-18(11-9-17)23-20(25)16-6-4-15(5-7-16)13-21-26-3/h4-11,13-14H,12H2,1-3H3,(H,22,24)(H,23,25)/b21-13+. The molecular formula is C20H23N3O3. The molecule has 0 atom stereocenters. The second-order valence-electron chi connectivity index (χ2n) is 6.22. The van der Waals surface area contributed by atoms with E-state index in [4.69, 9.17) is 0 Å². The summed E-state index contributed by atoms with van der Waals surface area (Å²) in [6.45, 7) is 3.99. The van der Waals surface area contributed by atoms with Crippen LogP contribution in [0.5, 0.6) is 0 Å². The lowest BCUT2D eigenvalue weighted by molar-refractivity contribution is -0.116. The maximum atomic E-state index is 12.3. The van der Waals surface area contributed by atoms with Gasteiger partial charge in [-0.1, -0.05) is 31.1 Å². The Bertz CT molecular complexity index is 766. The molecule has 0 spiro atoms. The zero-order chi connectivity index (χ0) is 18.9. The van der Waals surface area contributed by atoms with Crippen LogP contribution in [0.3, 0.4) is 0 Å². The third-order valence-electron chi connectivity index (χ3n) is 3.50. The van der Waals surface area contributed by atoms with Gasteiger partial charge >= 0.3 is 0 Å². The lowest BCUT2D eigenvalue weighted by Crippen LogP contribution is -2.14. The first kappa shape index (κ1) is 19.2. The summed E-state index contributed by atoms with van der Waals surface area (Å²) in [4.78, 5) is 28.7. The summed E-state index contributed by atoms with van der Waals surface area (Å²) in [5, 5.41) is 9.33. The third kappa shape index (κ3) is 6.05. The number of nitrogens with zero attached hydrogens (tertiary/aromatic N) is 1. The highest BCUT2D eigenvalue weighted by molar-refractivity contribution is 6.04. The molecule has 2 amide bonds. The van der Waals surface area contributed by atoms with E-state index in [-0.39, 0.29) is 11.8 Å². The molecule has 2 aromatic carbocycles. The Morgan fingerprint density at radius 3 is 2.12 bits per heavy atom. The fourth-order valence-electron chi connectivity index (χ4n) is 2.26. The topological polar surface area (TPSA) is 79.8 Å². The maximum Gasteiger partial charge on any atom is 0.255 e.